The van der Waals surface area contributed by atoms with Crippen LogP contribution in [0.25, 0.3) is 0 Å². The van der Waals surface area contributed by atoms with E-state index in [0.29, 0.717) is 0 Å². The van der Waals surface area contributed by atoms with Crippen LogP contribution in [0.15, 0.2) is 6.07 Å². The van der Waals surface area contributed by atoms with Crippen LogP contribution in [-0.2, 0) is 4.74 Å². The maximum atomic E-state index is 11.2. The molecule has 13 heavy (non-hydrogen) atoms. The van der Waals surface area contributed by atoms with Crippen LogP contribution in [0.2, 0.25) is 5.15 Å². The molecule has 0 saturated carbocycles. The number of rotatable bonds is 2. The smallest absolute Gasteiger partial charge is 0.342 e. The lowest BCUT2D eigenvalue weighted by atomic mass is 10.3. The number of hydrogen-bond donors (Lipinski definition) is 1. The van der Waals surface area contributed by atoms with Gasteiger partial charge in [-0.1, -0.05) is 11.6 Å². The molecule has 0 aromatic carbocycles. The zero-order chi connectivity index (χ0) is 9.84. The molecular weight excluding hydrogens is 194 g/mol. The van der Waals surface area contributed by atoms with Crippen LogP contribution in [-0.4, -0.2) is 22.8 Å². The molecule has 0 radical (unpaired) electrons. The summed E-state index contributed by atoms with van der Waals surface area (Å²) in [6, 6.07) is 1.32. The summed E-state index contributed by atoms with van der Waals surface area (Å²) in [7, 11) is 0. The Bertz CT molecular complexity index is 330. The standard InChI is InChI=1S/C7H8ClN3O2/c1-2-13-7(12)4-3-5(8)10-11-6(4)9/h3H,2H2,1H3,(H2,9,11). The Morgan fingerprint density at radius 3 is 3.00 bits per heavy atom. The molecular formula is C7H8ClN3O2. The number of nitrogens with zero attached hydrogens (tertiary/aromatic N) is 2. The summed E-state index contributed by atoms with van der Waals surface area (Å²) in [4.78, 5) is 11.2. The third-order valence-corrected chi connectivity index (χ3v) is 1.47. The summed E-state index contributed by atoms with van der Waals surface area (Å²) in [5.74, 6) is -0.528. The van der Waals surface area contributed by atoms with Crippen molar-refractivity contribution in [3.8, 4) is 0 Å². The van der Waals surface area contributed by atoms with Crippen molar-refractivity contribution in [1.82, 2.24) is 10.2 Å². The number of halogens is 1. The summed E-state index contributed by atoms with van der Waals surface area (Å²) in [5, 5.41) is 7.05. The Labute approximate surface area is 79.9 Å². The van der Waals surface area contributed by atoms with Crippen LogP contribution in [0, 0.1) is 0 Å². The van der Waals surface area contributed by atoms with Crippen molar-refractivity contribution in [2.24, 2.45) is 0 Å². The summed E-state index contributed by atoms with van der Waals surface area (Å²) < 4.78 is 4.72. The molecule has 0 spiro atoms. The first kappa shape index (κ1) is 9.73. The molecule has 6 heteroatoms. The lowest BCUT2D eigenvalue weighted by molar-refractivity contribution is 0.0527. The minimum Gasteiger partial charge on any atom is -0.462 e. The molecule has 0 unspecified atom stereocenters. The second-order valence-electron chi connectivity index (χ2n) is 2.19. The second-order valence-corrected chi connectivity index (χ2v) is 2.57. The fourth-order valence-electron chi connectivity index (χ4n) is 0.750. The topological polar surface area (TPSA) is 78.1 Å². The number of nitrogens with two attached hydrogens (primary N) is 1. The van der Waals surface area contributed by atoms with E-state index in [0.717, 1.165) is 0 Å². The SMILES string of the molecule is CCOC(=O)c1cc(Cl)nnc1N. The van der Waals surface area contributed by atoms with Gasteiger partial charge in [-0.2, -0.15) is 0 Å². The van der Waals surface area contributed by atoms with E-state index >= 15 is 0 Å². The van der Waals surface area contributed by atoms with Gasteiger partial charge in [0.05, 0.1) is 6.61 Å². The molecule has 0 amide bonds. The van der Waals surface area contributed by atoms with Crippen LogP contribution < -0.4 is 5.73 Å². The van der Waals surface area contributed by atoms with Gasteiger partial charge in [-0.25, -0.2) is 4.79 Å². The van der Waals surface area contributed by atoms with E-state index in [1.807, 2.05) is 0 Å². The Kier molecular flexibility index (Phi) is 3.02. The average Bonchev–Trinajstić information content (AvgIpc) is 2.09. The third-order valence-electron chi connectivity index (χ3n) is 1.29. The molecule has 0 saturated heterocycles. The van der Waals surface area contributed by atoms with E-state index in [1.54, 1.807) is 6.92 Å². The first-order chi connectivity index (χ1) is 6.15. The summed E-state index contributed by atoms with van der Waals surface area (Å²) in [6.45, 7) is 1.97. The lowest BCUT2D eigenvalue weighted by Crippen LogP contribution is -2.10. The minimum absolute atomic E-state index is 0.0165. The summed E-state index contributed by atoms with van der Waals surface area (Å²) in [6.07, 6.45) is 0. The van der Waals surface area contributed by atoms with Gasteiger partial charge in [0.15, 0.2) is 11.0 Å². The monoisotopic (exact) mass is 201 g/mol. The maximum Gasteiger partial charge on any atom is 0.342 e. The molecule has 0 aliphatic heterocycles. The van der Waals surface area contributed by atoms with Crippen molar-refractivity contribution in [2.45, 2.75) is 6.92 Å². The predicted molar refractivity (Wildman–Crippen MR) is 47.4 cm³/mol. The molecule has 70 valence electrons. The van der Waals surface area contributed by atoms with E-state index < -0.39 is 5.97 Å². The van der Waals surface area contributed by atoms with Gasteiger partial charge in [0, 0.05) is 0 Å². The molecule has 0 bridgehead atoms. The van der Waals surface area contributed by atoms with Crippen LogP contribution in [0.3, 0.4) is 0 Å². The molecule has 0 aliphatic rings. The van der Waals surface area contributed by atoms with Crippen LogP contribution in [0.1, 0.15) is 17.3 Å². The number of ether oxygens (including phenoxy) is 1. The highest BCUT2D eigenvalue weighted by molar-refractivity contribution is 6.29. The Morgan fingerprint density at radius 1 is 1.69 bits per heavy atom. The van der Waals surface area contributed by atoms with Gasteiger partial charge in [0.2, 0.25) is 0 Å². The number of carbonyl (C=O) groups excluding carboxylic acids is 1. The van der Waals surface area contributed by atoms with E-state index in [9.17, 15) is 4.79 Å². The van der Waals surface area contributed by atoms with E-state index in [-0.39, 0.29) is 23.1 Å². The molecule has 5 nitrogen and oxygen atoms in total. The fourth-order valence-corrected chi connectivity index (χ4v) is 0.897. The fraction of sp³-hybridized carbons (Fsp3) is 0.286. The minimum atomic E-state index is -0.545. The average molecular weight is 202 g/mol. The molecule has 0 fully saturated rings. The van der Waals surface area contributed by atoms with Gasteiger partial charge < -0.3 is 10.5 Å². The second kappa shape index (κ2) is 4.04. The molecule has 1 rings (SSSR count). The van der Waals surface area contributed by atoms with Crippen molar-refractivity contribution in [3.63, 3.8) is 0 Å². The normalized spacial score (nSPS) is 9.69. The molecule has 2 N–H and O–H groups in total. The predicted octanol–water partition coefficient (Wildman–Crippen LogP) is 0.889. The van der Waals surface area contributed by atoms with E-state index in [4.69, 9.17) is 22.1 Å². The third kappa shape index (κ3) is 2.29. The molecule has 0 aliphatic carbocycles. The zero-order valence-electron chi connectivity index (χ0n) is 6.95. The number of carbonyl (C=O) groups is 1. The van der Waals surface area contributed by atoms with Crippen molar-refractivity contribution in [2.75, 3.05) is 12.3 Å². The highest BCUT2D eigenvalue weighted by atomic mass is 35.5. The van der Waals surface area contributed by atoms with Gasteiger partial charge in [-0.3, -0.25) is 0 Å². The first-order valence-corrected chi connectivity index (χ1v) is 3.98. The number of aromatic nitrogens is 2. The molecule has 0 atom stereocenters. The lowest BCUT2D eigenvalue weighted by Gasteiger charge is -2.02. The summed E-state index contributed by atoms with van der Waals surface area (Å²) in [5.41, 5.74) is 5.53. The van der Waals surface area contributed by atoms with Crippen LogP contribution in [0.5, 0.6) is 0 Å². The Hall–Kier alpha value is -1.36. The summed E-state index contributed by atoms with van der Waals surface area (Å²) >= 11 is 5.52. The van der Waals surface area contributed by atoms with E-state index in [1.165, 1.54) is 6.07 Å². The van der Waals surface area contributed by atoms with Gasteiger partial charge in [-0.15, -0.1) is 10.2 Å². The van der Waals surface area contributed by atoms with Crippen molar-refractivity contribution in [3.05, 3.63) is 16.8 Å². The van der Waals surface area contributed by atoms with Crippen molar-refractivity contribution >= 4 is 23.4 Å². The zero-order valence-corrected chi connectivity index (χ0v) is 7.71. The largest absolute Gasteiger partial charge is 0.462 e. The van der Waals surface area contributed by atoms with Crippen LogP contribution in [0.4, 0.5) is 5.82 Å². The quantitative estimate of drug-likeness (QED) is 0.719. The van der Waals surface area contributed by atoms with Gasteiger partial charge in [0.1, 0.15) is 5.56 Å². The van der Waals surface area contributed by atoms with Crippen molar-refractivity contribution < 1.29 is 9.53 Å². The molecule has 1 heterocycles. The maximum absolute atomic E-state index is 11.2. The van der Waals surface area contributed by atoms with Gasteiger partial charge >= 0.3 is 5.97 Å². The molecule has 1 aromatic heterocycles. The number of nitrogen functional groups attached to an aromatic ring is 1. The number of anilines is 1. The van der Waals surface area contributed by atoms with Gasteiger partial charge in [0.25, 0.3) is 0 Å². The first-order valence-electron chi connectivity index (χ1n) is 3.61. The van der Waals surface area contributed by atoms with E-state index in [2.05, 4.69) is 10.2 Å². The number of esters is 1. The van der Waals surface area contributed by atoms with Gasteiger partial charge in [-0.05, 0) is 13.0 Å². The molecule has 1 aromatic rings. The number of hydrogen-bond acceptors (Lipinski definition) is 5. The highest BCUT2D eigenvalue weighted by Gasteiger charge is 2.12. The van der Waals surface area contributed by atoms with Crippen molar-refractivity contribution in [1.29, 1.82) is 0 Å². The highest BCUT2D eigenvalue weighted by Crippen LogP contribution is 2.13. The Balaban J connectivity index is 2.99. The Morgan fingerprint density at radius 2 is 2.38 bits per heavy atom. The van der Waals surface area contributed by atoms with Crippen LogP contribution >= 0.6 is 11.6 Å².